The van der Waals surface area contributed by atoms with Crippen LogP contribution in [-0.2, 0) is 16.4 Å². The predicted octanol–water partition coefficient (Wildman–Crippen LogP) is 1.61. The van der Waals surface area contributed by atoms with Crippen LogP contribution in [0.5, 0.6) is 0 Å². The Morgan fingerprint density at radius 3 is 2.58 bits per heavy atom. The number of piperidine rings is 1. The molecule has 1 aromatic carbocycles. The molecule has 0 aliphatic carbocycles. The molecule has 1 aromatic rings. The lowest BCUT2D eigenvalue weighted by Crippen LogP contribution is -2.42. The summed E-state index contributed by atoms with van der Waals surface area (Å²) >= 11 is 5.65. The fourth-order valence-electron chi connectivity index (χ4n) is 2.23. The Labute approximate surface area is 119 Å². The molecule has 0 amide bonds. The number of rotatable bonds is 4. The van der Waals surface area contributed by atoms with E-state index in [4.69, 9.17) is 11.6 Å². The zero-order valence-corrected chi connectivity index (χ0v) is 12.2. The third-order valence-corrected chi connectivity index (χ3v) is 5.37. The van der Waals surface area contributed by atoms with Crippen molar-refractivity contribution in [3.63, 3.8) is 0 Å². The van der Waals surface area contributed by atoms with Crippen LogP contribution in [0.1, 0.15) is 18.4 Å². The van der Waals surface area contributed by atoms with Gasteiger partial charge in [-0.05, 0) is 37.0 Å². The van der Waals surface area contributed by atoms with E-state index in [1.807, 2.05) is 0 Å². The van der Waals surface area contributed by atoms with E-state index in [0.717, 1.165) is 12.0 Å². The van der Waals surface area contributed by atoms with E-state index in [9.17, 15) is 13.5 Å². The predicted molar refractivity (Wildman–Crippen MR) is 74.9 cm³/mol. The van der Waals surface area contributed by atoms with Crippen molar-refractivity contribution in [3.8, 4) is 0 Å². The van der Waals surface area contributed by atoms with Crippen LogP contribution in [0.3, 0.4) is 0 Å². The second-order valence-electron chi connectivity index (χ2n) is 4.74. The van der Waals surface area contributed by atoms with Gasteiger partial charge in [-0.25, -0.2) is 8.42 Å². The topological polar surface area (TPSA) is 57.6 Å². The molecule has 1 fully saturated rings. The lowest BCUT2D eigenvalue weighted by atomic mass is 10.1. The summed E-state index contributed by atoms with van der Waals surface area (Å²) in [6, 6.07) is 6.79. The van der Waals surface area contributed by atoms with Crippen molar-refractivity contribution >= 4 is 21.6 Å². The van der Waals surface area contributed by atoms with Crippen molar-refractivity contribution in [2.24, 2.45) is 0 Å². The zero-order valence-electron chi connectivity index (χ0n) is 10.6. The van der Waals surface area contributed by atoms with Crippen LogP contribution < -0.4 is 0 Å². The van der Waals surface area contributed by atoms with Crippen molar-refractivity contribution in [1.82, 2.24) is 4.31 Å². The van der Waals surface area contributed by atoms with E-state index >= 15 is 0 Å². The first-order valence-electron chi connectivity index (χ1n) is 6.37. The summed E-state index contributed by atoms with van der Waals surface area (Å²) in [5.74, 6) is 0.518. The van der Waals surface area contributed by atoms with Crippen LogP contribution in [0.2, 0.25) is 0 Å². The number of halogens is 1. The lowest BCUT2D eigenvalue weighted by Gasteiger charge is -2.29. The molecule has 1 aliphatic rings. The molecule has 0 radical (unpaired) electrons. The molecule has 0 bridgehead atoms. The molecule has 1 N–H and O–H groups in total. The molecule has 0 unspecified atom stereocenters. The standard InChI is InChI=1S/C13H18ClNO3S/c14-8-7-11-3-5-13(6-4-11)19(17,18)15-9-1-2-12(16)10-15/h3-6,12,16H,1-2,7-10H2/t12-/m0/s1. The van der Waals surface area contributed by atoms with Gasteiger partial charge in [-0.2, -0.15) is 4.31 Å². The van der Waals surface area contributed by atoms with E-state index in [2.05, 4.69) is 0 Å². The number of alkyl halides is 1. The van der Waals surface area contributed by atoms with Gasteiger partial charge in [0.2, 0.25) is 10.0 Å². The van der Waals surface area contributed by atoms with E-state index in [1.54, 1.807) is 24.3 Å². The number of hydrogen-bond donors (Lipinski definition) is 1. The average Bonchev–Trinajstić information content (AvgIpc) is 2.40. The van der Waals surface area contributed by atoms with E-state index < -0.39 is 16.1 Å². The fourth-order valence-corrected chi connectivity index (χ4v) is 3.96. The maximum Gasteiger partial charge on any atom is 0.243 e. The van der Waals surface area contributed by atoms with Crippen LogP contribution in [-0.4, -0.2) is 42.9 Å². The SMILES string of the molecule is O=S(=O)(c1ccc(CCCl)cc1)N1CCC[C@H](O)C1. The van der Waals surface area contributed by atoms with Crippen LogP contribution in [0, 0.1) is 0 Å². The van der Waals surface area contributed by atoms with Crippen LogP contribution in [0.15, 0.2) is 29.2 Å². The molecule has 6 heteroatoms. The Morgan fingerprint density at radius 1 is 1.32 bits per heavy atom. The minimum absolute atomic E-state index is 0.186. The van der Waals surface area contributed by atoms with Gasteiger partial charge >= 0.3 is 0 Å². The first kappa shape index (κ1) is 14.8. The van der Waals surface area contributed by atoms with Crippen LogP contribution in [0.25, 0.3) is 0 Å². The van der Waals surface area contributed by atoms with Crippen molar-refractivity contribution < 1.29 is 13.5 Å². The molecule has 19 heavy (non-hydrogen) atoms. The first-order valence-corrected chi connectivity index (χ1v) is 8.34. The summed E-state index contributed by atoms with van der Waals surface area (Å²) in [5.41, 5.74) is 1.02. The largest absolute Gasteiger partial charge is 0.392 e. The molecule has 2 rings (SSSR count). The minimum Gasteiger partial charge on any atom is -0.392 e. The average molecular weight is 304 g/mol. The monoisotopic (exact) mass is 303 g/mol. The van der Waals surface area contributed by atoms with Gasteiger partial charge in [0, 0.05) is 19.0 Å². The highest BCUT2D eigenvalue weighted by Crippen LogP contribution is 2.21. The molecular weight excluding hydrogens is 286 g/mol. The quantitative estimate of drug-likeness (QED) is 0.860. The Balaban J connectivity index is 2.18. The molecule has 0 spiro atoms. The van der Waals surface area contributed by atoms with Gasteiger partial charge in [-0.3, -0.25) is 0 Å². The number of sulfonamides is 1. The van der Waals surface area contributed by atoms with Crippen molar-refractivity contribution in [1.29, 1.82) is 0 Å². The maximum atomic E-state index is 12.4. The van der Waals surface area contributed by atoms with Gasteiger partial charge in [-0.1, -0.05) is 12.1 Å². The van der Waals surface area contributed by atoms with Crippen LogP contribution >= 0.6 is 11.6 Å². The van der Waals surface area contributed by atoms with Crippen molar-refractivity contribution in [2.75, 3.05) is 19.0 Å². The van der Waals surface area contributed by atoms with Gasteiger partial charge < -0.3 is 5.11 Å². The molecule has 0 saturated carbocycles. The number of aliphatic hydroxyl groups excluding tert-OH is 1. The summed E-state index contributed by atoms with van der Waals surface area (Å²) in [5, 5.41) is 9.58. The summed E-state index contributed by atoms with van der Waals surface area (Å²) in [6.07, 6.45) is 1.54. The molecule has 0 aromatic heterocycles. The molecular formula is C13H18ClNO3S. The lowest BCUT2D eigenvalue weighted by molar-refractivity contribution is 0.108. The third kappa shape index (κ3) is 3.48. The van der Waals surface area contributed by atoms with E-state index in [-0.39, 0.29) is 11.4 Å². The normalized spacial score (nSPS) is 21.5. The summed E-state index contributed by atoms with van der Waals surface area (Å²) in [4.78, 5) is 0.278. The Bertz CT molecular complexity index is 515. The summed E-state index contributed by atoms with van der Waals surface area (Å²) in [6.45, 7) is 0.661. The van der Waals surface area contributed by atoms with Crippen molar-refractivity contribution in [2.45, 2.75) is 30.3 Å². The summed E-state index contributed by atoms with van der Waals surface area (Å²) in [7, 11) is -3.49. The Kier molecular flexibility index (Phi) is 4.84. The van der Waals surface area contributed by atoms with E-state index in [0.29, 0.717) is 25.3 Å². The molecule has 1 atom stereocenters. The van der Waals surface area contributed by atoms with Gasteiger partial charge in [-0.15, -0.1) is 11.6 Å². The molecule has 1 aliphatic heterocycles. The maximum absolute atomic E-state index is 12.4. The fraction of sp³-hybridized carbons (Fsp3) is 0.538. The second-order valence-corrected chi connectivity index (χ2v) is 7.06. The Hall–Kier alpha value is -0.620. The van der Waals surface area contributed by atoms with Crippen LogP contribution in [0.4, 0.5) is 0 Å². The van der Waals surface area contributed by atoms with Gasteiger partial charge in [0.05, 0.1) is 11.0 Å². The number of nitrogens with zero attached hydrogens (tertiary/aromatic N) is 1. The Morgan fingerprint density at radius 2 is 2.00 bits per heavy atom. The number of aliphatic hydroxyl groups is 1. The molecule has 4 nitrogen and oxygen atoms in total. The zero-order chi connectivity index (χ0) is 13.9. The highest BCUT2D eigenvalue weighted by atomic mass is 35.5. The van der Waals surface area contributed by atoms with Gasteiger partial charge in [0.1, 0.15) is 0 Å². The van der Waals surface area contributed by atoms with E-state index in [1.165, 1.54) is 4.31 Å². The minimum atomic E-state index is -3.49. The number of benzene rings is 1. The highest BCUT2D eigenvalue weighted by molar-refractivity contribution is 7.89. The third-order valence-electron chi connectivity index (χ3n) is 3.30. The highest BCUT2D eigenvalue weighted by Gasteiger charge is 2.29. The number of hydrogen-bond acceptors (Lipinski definition) is 3. The van der Waals surface area contributed by atoms with Crippen molar-refractivity contribution in [3.05, 3.63) is 29.8 Å². The first-order chi connectivity index (χ1) is 9.04. The smallest absolute Gasteiger partial charge is 0.243 e. The molecule has 106 valence electrons. The van der Waals surface area contributed by atoms with Gasteiger partial charge in [0.15, 0.2) is 0 Å². The molecule has 1 heterocycles. The molecule has 1 saturated heterocycles. The summed E-state index contributed by atoms with van der Waals surface area (Å²) < 4.78 is 26.1. The van der Waals surface area contributed by atoms with Gasteiger partial charge in [0.25, 0.3) is 0 Å². The second kappa shape index (κ2) is 6.22. The number of aryl methyl sites for hydroxylation is 1. The number of β-amino-alcohol motifs (C(OH)–C–C–N with tert-alkyl or cyclic N) is 1.